The van der Waals surface area contributed by atoms with Crippen molar-refractivity contribution < 1.29 is 23.2 Å². The first-order chi connectivity index (χ1) is 10.6. The number of carboxylic acids is 1. The third-order valence-corrected chi connectivity index (χ3v) is 5.30. The van der Waals surface area contributed by atoms with Gasteiger partial charge in [0.05, 0.1) is 9.82 Å². The fourth-order valence-corrected chi connectivity index (χ4v) is 3.43. The number of nitrogens with one attached hydrogen (secondary N) is 1. The van der Waals surface area contributed by atoms with Gasteiger partial charge in [-0.15, -0.1) is 0 Å². The van der Waals surface area contributed by atoms with Crippen LogP contribution < -0.4 is 5.32 Å². The van der Waals surface area contributed by atoms with Crippen LogP contribution in [0.5, 0.6) is 0 Å². The molecule has 0 saturated heterocycles. The van der Waals surface area contributed by atoms with Gasteiger partial charge < -0.3 is 10.4 Å². The zero-order chi connectivity index (χ0) is 17.8. The lowest BCUT2D eigenvalue weighted by atomic mass is 10.2. The normalized spacial score (nSPS) is 12.9. The molecule has 0 amide bonds. The molecule has 1 aromatic rings. The minimum Gasteiger partial charge on any atom is -0.480 e. The van der Waals surface area contributed by atoms with Crippen molar-refractivity contribution in [3.8, 4) is 0 Å². The number of aliphatic carboxylic acids is 1. The average Bonchev–Trinajstić information content (AvgIpc) is 2.47. The summed E-state index contributed by atoms with van der Waals surface area (Å²) in [6.07, 6.45) is 0. The van der Waals surface area contributed by atoms with E-state index in [1.807, 2.05) is 0 Å². The summed E-state index contributed by atoms with van der Waals surface area (Å²) in [5.41, 5.74) is -0.547. The Morgan fingerprint density at radius 3 is 2.39 bits per heavy atom. The van der Waals surface area contributed by atoms with Crippen LogP contribution in [0.15, 0.2) is 23.1 Å². The van der Waals surface area contributed by atoms with Crippen LogP contribution in [0.4, 0.5) is 11.4 Å². The Hall–Kier alpha value is -2.20. The van der Waals surface area contributed by atoms with Gasteiger partial charge in [0.15, 0.2) is 0 Å². The van der Waals surface area contributed by atoms with Crippen LogP contribution in [0.2, 0.25) is 0 Å². The molecule has 23 heavy (non-hydrogen) atoms. The molecule has 0 aliphatic heterocycles. The van der Waals surface area contributed by atoms with E-state index >= 15 is 0 Å². The summed E-state index contributed by atoms with van der Waals surface area (Å²) in [5.74, 6) is -1.18. The number of anilines is 1. The van der Waals surface area contributed by atoms with Crippen molar-refractivity contribution in [2.45, 2.75) is 31.7 Å². The molecule has 1 atom stereocenters. The summed E-state index contributed by atoms with van der Waals surface area (Å²) in [4.78, 5) is 21.1. The summed E-state index contributed by atoms with van der Waals surface area (Å²) in [6.45, 7) is 5.14. The molecule has 1 aromatic carbocycles. The van der Waals surface area contributed by atoms with Crippen molar-refractivity contribution in [2.75, 3.05) is 18.4 Å². The molecule has 0 heterocycles. The smallest absolute Gasteiger partial charge is 0.325 e. The quantitative estimate of drug-likeness (QED) is 0.539. The van der Waals surface area contributed by atoms with Crippen LogP contribution in [-0.4, -0.2) is 47.9 Å². The molecule has 0 radical (unpaired) electrons. The second-order valence-corrected chi connectivity index (χ2v) is 6.67. The van der Waals surface area contributed by atoms with Crippen LogP contribution >= 0.6 is 0 Å². The van der Waals surface area contributed by atoms with E-state index in [1.165, 1.54) is 23.4 Å². The van der Waals surface area contributed by atoms with Crippen LogP contribution in [0, 0.1) is 10.1 Å². The van der Waals surface area contributed by atoms with E-state index < -0.39 is 32.6 Å². The van der Waals surface area contributed by atoms with E-state index in [0.29, 0.717) is 0 Å². The fourth-order valence-electron chi connectivity index (χ4n) is 1.95. The van der Waals surface area contributed by atoms with Crippen LogP contribution in [0.1, 0.15) is 20.8 Å². The largest absolute Gasteiger partial charge is 0.480 e. The molecule has 10 heteroatoms. The molecule has 1 rings (SSSR count). The number of carbonyl (C=O) groups is 1. The molecular formula is C13H19N3O6S. The summed E-state index contributed by atoms with van der Waals surface area (Å²) >= 11 is 0. The summed E-state index contributed by atoms with van der Waals surface area (Å²) in [7, 11) is -3.83. The highest BCUT2D eigenvalue weighted by Gasteiger charge is 2.26. The van der Waals surface area contributed by atoms with Gasteiger partial charge >= 0.3 is 5.97 Å². The van der Waals surface area contributed by atoms with Crippen molar-refractivity contribution in [3.05, 3.63) is 28.3 Å². The number of rotatable bonds is 8. The van der Waals surface area contributed by atoms with Gasteiger partial charge in [-0.2, -0.15) is 4.31 Å². The summed E-state index contributed by atoms with van der Waals surface area (Å²) in [6, 6.07) is 2.30. The molecule has 0 bridgehead atoms. The van der Waals surface area contributed by atoms with Gasteiger partial charge in [0.2, 0.25) is 10.0 Å². The van der Waals surface area contributed by atoms with Gasteiger partial charge in [0.25, 0.3) is 5.69 Å². The molecular weight excluding hydrogens is 326 g/mol. The highest BCUT2D eigenvalue weighted by atomic mass is 32.2. The number of hydrogen-bond donors (Lipinski definition) is 2. The number of sulfonamides is 1. The third kappa shape index (κ3) is 4.17. The lowest BCUT2D eigenvalue weighted by Gasteiger charge is -2.19. The maximum absolute atomic E-state index is 12.4. The first-order valence-corrected chi connectivity index (χ1v) is 8.37. The Balaban J connectivity index is 3.34. The predicted molar refractivity (Wildman–Crippen MR) is 83.9 cm³/mol. The molecule has 0 aromatic heterocycles. The van der Waals surface area contributed by atoms with E-state index in [9.17, 15) is 23.3 Å². The number of nitro benzene ring substituents is 1. The Bertz CT molecular complexity index is 700. The third-order valence-electron chi connectivity index (χ3n) is 3.25. The van der Waals surface area contributed by atoms with Crippen molar-refractivity contribution in [1.29, 1.82) is 0 Å². The van der Waals surface area contributed by atoms with Gasteiger partial charge in [-0.3, -0.25) is 14.9 Å². The average molecular weight is 345 g/mol. The highest BCUT2D eigenvalue weighted by molar-refractivity contribution is 7.89. The first-order valence-electron chi connectivity index (χ1n) is 6.93. The number of hydrogen-bond acceptors (Lipinski definition) is 6. The second kappa shape index (κ2) is 7.38. The van der Waals surface area contributed by atoms with Crippen molar-refractivity contribution >= 4 is 27.4 Å². The van der Waals surface area contributed by atoms with Gasteiger partial charge in [-0.25, -0.2) is 8.42 Å². The highest BCUT2D eigenvalue weighted by Crippen LogP contribution is 2.29. The van der Waals surface area contributed by atoms with E-state index in [1.54, 1.807) is 13.8 Å². The molecule has 0 spiro atoms. The molecule has 128 valence electrons. The standard InChI is InChI=1S/C13H19N3O6S/c1-4-15(5-2)23(21,22)10-6-7-11(12(8-10)16(19)20)14-9(3)13(17)18/h6-9,14H,4-5H2,1-3H3,(H,17,18)/t9-/m0/s1. The van der Waals surface area contributed by atoms with Gasteiger partial charge in [0.1, 0.15) is 11.7 Å². The Kier molecular flexibility index (Phi) is 6.05. The zero-order valence-electron chi connectivity index (χ0n) is 13.0. The first kappa shape index (κ1) is 18.8. The summed E-state index contributed by atoms with van der Waals surface area (Å²) < 4.78 is 26.0. The Labute approximate surface area is 134 Å². The van der Waals surface area contributed by atoms with E-state index in [0.717, 1.165) is 6.07 Å². The monoisotopic (exact) mass is 345 g/mol. The van der Waals surface area contributed by atoms with Crippen LogP contribution in [-0.2, 0) is 14.8 Å². The Morgan fingerprint density at radius 1 is 1.39 bits per heavy atom. The van der Waals surface area contributed by atoms with Gasteiger partial charge in [-0.05, 0) is 19.1 Å². The van der Waals surface area contributed by atoms with Gasteiger partial charge in [-0.1, -0.05) is 13.8 Å². The Morgan fingerprint density at radius 2 is 1.96 bits per heavy atom. The molecule has 0 aliphatic rings. The SMILES string of the molecule is CCN(CC)S(=O)(=O)c1ccc(N[C@@H](C)C(=O)O)c([N+](=O)[O-])c1. The number of nitrogens with zero attached hydrogens (tertiary/aromatic N) is 2. The van der Waals surface area contributed by atoms with Gasteiger partial charge in [0, 0.05) is 19.2 Å². The zero-order valence-corrected chi connectivity index (χ0v) is 13.8. The lowest BCUT2D eigenvalue weighted by molar-refractivity contribution is -0.384. The number of nitro groups is 1. The van der Waals surface area contributed by atoms with E-state index in [-0.39, 0.29) is 23.7 Å². The molecule has 9 nitrogen and oxygen atoms in total. The van der Waals surface area contributed by atoms with Crippen LogP contribution in [0.25, 0.3) is 0 Å². The summed E-state index contributed by atoms with van der Waals surface area (Å²) in [5, 5.41) is 22.5. The van der Waals surface area contributed by atoms with E-state index in [4.69, 9.17) is 5.11 Å². The van der Waals surface area contributed by atoms with Crippen molar-refractivity contribution in [1.82, 2.24) is 4.31 Å². The maximum atomic E-state index is 12.4. The molecule has 0 unspecified atom stereocenters. The fraction of sp³-hybridized carbons (Fsp3) is 0.462. The predicted octanol–water partition coefficient (Wildman–Crippen LogP) is 1.51. The minimum atomic E-state index is -3.83. The second-order valence-electron chi connectivity index (χ2n) is 4.73. The van der Waals surface area contributed by atoms with E-state index in [2.05, 4.69) is 5.32 Å². The molecule has 0 saturated carbocycles. The topological polar surface area (TPSA) is 130 Å². The van der Waals surface area contributed by atoms with Crippen molar-refractivity contribution in [3.63, 3.8) is 0 Å². The number of benzene rings is 1. The molecule has 2 N–H and O–H groups in total. The number of carboxylic acid groups (broad SMARTS) is 1. The molecule has 0 fully saturated rings. The van der Waals surface area contributed by atoms with Crippen molar-refractivity contribution in [2.24, 2.45) is 0 Å². The molecule has 0 aliphatic carbocycles. The maximum Gasteiger partial charge on any atom is 0.325 e. The van der Waals surface area contributed by atoms with Crippen LogP contribution in [0.3, 0.4) is 0 Å². The minimum absolute atomic E-state index is 0.0524. The lowest BCUT2D eigenvalue weighted by Crippen LogP contribution is -2.30.